The van der Waals surface area contributed by atoms with Gasteiger partial charge in [0, 0.05) is 44.8 Å². The van der Waals surface area contributed by atoms with E-state index in [1.807, 2.05) is 84.9 Å². The first kappa shape index (κ1) is 37.6. The molecular weight excluding hydrogens is 695 g/mol. The molecular formula is C44H49N5O6. The van der Waals surface area contributed by atoms with Gasteiger partial charge in [0.15, 0.2) is 0 Å². The van der Waals surface area contributed by atoms with Crippen molar-refractivity contribution in [2.24, 2.45) is 0 Å². The van der Waals surface area contributed by atoms with Crippen LogP contribution in [0.15, 0.2) is 109 Å². The van der Waals surface area contributed by atoms with Crippen molar-refractivity contribution < 1.29 is 29.4 Å². The van der Waals surface area contributed by atoms with Crippen LogP contribution in [-0.4, -0.2) is 117 Å². The van der Waals surface area contributed by atoms with Crippen molar-refractivity contribution in [1.82, 2.24) is 24.9 Å². The Labute approximate surface area is 322 Å². The molecule has 0 aliphatic carbocycles. The number of rotatable bonds is 14. The predicted molar refractivity (Wildman–Crippen MR) is 208 cm³/mol. The van der Waals surface area contributed by atoms with E-state index in [-0.39, 0.29) is 35.7 Å². The molecule has 11 nitrogen and oxygen atoms in total. The van der Waals surface area contributed by atoms with Gasteiger partial charge in [-0.15, -0.1) is 0 Å². The smallest absolute Gasteiger partial charge is 0.312 e. The Morgan fingerprint density at radius 3 is 1.91 bits per heavy atom. The molecule has 3 fully saturated rings. The highest BCUT2D eigenvalue weighted by Crippen LogP contribution is 2.27. The molecule has 0 aromatic heterocycles. The van der Waals surface area contributed by atoms with Gasteiger partial charge in [-0.3, -0.25) is 24.1 Å². The van der Waals surface area contributed by atoms with Crippen molar-refractivity contribution in [2.45, 2.75) is 62.7 Å². The highest BCUT2D eigenvalue weighted by Gasteiger charge is 2.44. The molecule has 0 bridgehead atoms. The number of aromatic hydroxyl groups is 2. The quantitative estimate of drug-likeness (QED) is 0.168. The van der Waals surface area contributed by atoms with Crippen LogP contribution in [0.5, 0.6) is 11.5 Å². The van der Waals surface area contributed by atoms with E-state index >= 15 is 0 Å². The second-order valence-corrected chi connectivity index (χ2v) is 15.0. The van der Waals surface area contributed by atoms with Crippen LogP contribution in [0.2, 0.25) is 0 Å². The number of phenols is 2. The van der Waals surface area contributed by atoms with Gasteiger partial charge < -0.3 is 30.2 Å². The number of piperazine rings is 2. The Morgan fingerprint density at radius 1 is 0.636 bits per heavy atom. The Hall–Kier alpha value is -5.68. The molecule has 286 valence electrons. The third-order valence-electron chi connectivity index (χ3n) is 11.4. The average Bonchev–Trinajstić information content (AvgIpc) is 3.64. The zero-order valence-electron chi connectivity index (χ0n) is 31.0. The number of hydrogen-bond acceptors (Lipinski definition) is 7. The second kappa shape index (κ2) is 17.2. The number of likely N-dealkylation sites (tertiary alicyclic amines) is 1. The fourth-order valence-corrected chi connectivity index (χ4v) is 8.40. The maximum absolute atomic E-state index is 14.3. The Kier molecular flexibility index (Phi) is 11.8. The third-order valence-corrected chi connectivity index (χ3v) is 11.4. The van der Waals surface area contributed by atoms with Crippen LogP contribution in [-0.2, 0) is 44.9 Å². The van der Waals surface area contributed by atoms with Crippen LogP contribution in [0.4, 0.5) is 0 Å². The van der Waals surface area contributed by atoms with Crippen LogP contribution in [0, 0.1) is 0 Å². The number of carbonyl (C=O) groups is 4. The maximum Gasteiger partial charge on any atom is 0.312 e. The third kappa shape index (κ3) is 9.17. The zero-order valence-corrected chi connectivity index (χ0v) is 31.0. The summed E-state index contributed by atoms with van der Waals surface area (Å²) in [5, 5.41) is 22.8. The summed E-state index contributed by atoms with van der Waals surface area (Å²) in [5.74, 6) is -1.88. The normalized spacial score (nSPS) is 21.2. The molecule has 3 saturated heterocycles. The lowest BCUT2D eigenvalue weighted by Gasteiger charge is -2.45. The SMILES string of the molecule is O=C1NC[C@H](Cc2ccccc2)N(C[C@@H]2CCCN2C[C@H](Cc2ccc(O)cc2)N2C[C@H](Cc3ccc(O)cc3)N(CCc3ccccc3)C(=O)C2=O)C1=O. The van der Waals surface area contributed by atoms with E-state index < -0.39 is 23.6 Å². The predicted octanol–water partition coefficient (Wildman–Crippen LogP) is 3.57. The first-order valence-corrected chi connectivity index (χ1v) is 19.3. The van der Waals surface area contributed by atoms with E-state index in [1.165, 1.54) is 0 Å². The summed E-state index contributed by atoms with van der Waals surface area (Å²) < 4.78 is 0. The molecule has 0 radical (unpaired) electrons. The highest BCUT2D eigenvalue weighted by molar-refractivity contribution is 6.36. The molecule has 0 saturated carbocycles. The van der Waals surface area contributed by atoms with Crippen LogP contribution in [0.3, 0.4) is 0 Å². The molecule has 3 N–H and O–H groups in total. The van der Waals surface area contributed by atoms with E-state index in [9.17, 15) is 29.4 Å². The first-order valence-electron chi connectivity index (χ1n) is 19.3. The summed E-state index contributed by atoms with van der Waals surface area (Å²) in [6, 6.07) is 32.9. The summed E-state index contributed by atoms with van der Waals surface area (Å²) >= 11 is 0. The number of phenolic OH excluding ortho intramolecular Hbond substituents is 2. The number of hydrogen-bond donors (Lipinski definition) is 3. The standard InChI is InChI=1S/C44H49N5O6/c50-39-17-13-33(14-18-39)25-37(28-46-22-7-12-35(46)29-48-36(27-45-41(52)42(48)53)24-32-10-5-2-6-11-32)49-30-38(26-34-15-19-40(51)20-16-34)47(43(54)44(49)55)23-21-31-8-3-1-4-9-31/h1-6,8-11,13-20,35-38,50-51H,7,12,21-30H2,(H,45,52)/t35-,36-,37-,38-/m0/s1. The van der Waals surface area contributed by atoms with E-state index in [0.29, 0.717) is 58.4 Å². The van der Waals surface area contributed by atoms with E-state index in [1.54, 1.807) is 39.0 Å². The van der Waals surface area contributed by atoms with Gasteiger partial charge in [-0.05, 0) is 91.6 Å². The fraction of sp³-hybridized carbons (Fsp3) is 0.364. The van der Waals surface area contributed by atoms with Crippen LogP contribution in [0.25, 0.3) is 0 Å². The number of carbonyl (C=O) groups excluding carboxylic acids is 4. The van der Waals surface area contributed by atoms with Gasteiger partial charge in [0.25, 0.3) is 0 Å². The molecule has 3 aliphatic rings. The maximum atomic E-state index is 14.3. The topological polar surface area (TPSA) is 134 Å². The largest absolute Gasteiger partial charge is 0.508 e. The fourth-order valence-electron chi connectivity index (χ4n) is 8.40. The lowest BCUT2D eigenvalue weighted by atomic mass is 9.96. The Balaban J connectivity index is 1.14. The van der Waals surface area contributed by atoms with Crippen LogP contribution < -0.4 is 5.32 Å². The molecule has 4 atom stereocenters. The average molecular weight is 744 g/mol. The number of amides is 4. The van der Waals surface area contributed by atoms with E-state index in [0.717, 1.165) is 41.6 Å². The summed E-state index contributed by atoms with van der Waals surface area (Å²) in [7, 11) is 0. The molecule has 0 unspecified atom stereocenters. The summed E-state index contributed by atoms with van der Waals surface area (Å²) in [5.41, 5.74) is 4.04. The summed E-state index contributed by atoms with van der Waals surface area (Å²) in [6.07, 6.45) is 3.93. The van der Waals surface area contributed by atoms with Crippen LogP contribution in [0.1, 0.15) is 35.1 Å². The van der Waals surface area contributed by atoms with Crippen LogP contribution >= 0.6 is 0 Å². The number of benzene rings is 4. The van der Waals surface area contributed by atoms with Crippen molar-refractivity contribution in [3.63, 3.8) is 0 Å². The summed E-state index contributed by atoms with van der Waals surface area (Å²) in [6.45, 7) is 2.71. The summed E-state index contributed by atoms with van der Waals surface area (Å²) in [4.78, 5) is 62.0. The number of nitrogens with zero attached hydrogens (tertiary/aromatic N) is 4. The zero-order chi connectivity index (χ0) is 38.3. The van der Waals surface area contributed by atoms with Crippen molar-refractivity contribution >= 4 is 23.6 Å². The Bertz CT molecular complexity index is 1940. The molecule has 0 spiro atoms. The lowest BCUT2D eigenvalue weighted by Crippen LogP contribution is -2.65. The molecule has 11 heteroatoms. The van der Waals surface area contributed by atoms with Gasteiger partial charge in [-0.1, -0.05) is 84.9 Å². The molecule has 7 rings (SSSR count). The number of nitrogens with one attached hydrogen (secondary N) is 1. The van der Waals surface area contributed by atoms with Crippen molar-refractivity contribution in [1.29, 1.82) is 0 Å². The molecule has 4 amide bonds. The minimum absolute atomic E-state index is 0.0406. The monoisotopic (exact) mass is 743 g/mol. The first-order chi connectivity index (χ1) is 26.7. The van der Waals surface area contributed by atoms with Gasteiger partial charge in [-0.25, -0.2) is 0 Å². The lowest BCUT2D eigenvalue weighted by molar-refractivity contribution is -0.161. The van der Waals surface area contributed by atoms with E-state index in [4.69, 9.17) is 0 Å². The molecule has 3 aliphatic heterocycles. The minimum Gasteiger partial charge on any atom is -0.508 e. The van der Waals surface area contributed by atoms with Crippen molar-refractivity contribution in [3.8, 4) is 11.5 Å². The highest BCUT2D eigenvalue weighted by atomic mass is 16.3. The van der Waals surface area contributed by atoms with Gasteiger partial charge in [0.05, 0.1) is 12.1 Å². The molecule has 4 aromatic carbocycles. The van der Waals surface area contributed by atoms with Gasteiger partial charge in [0.2, 0.25) is 0 Å². The molecule has 4 aromatic rings. The Morgan fingerprint density at radius 2 is 1.24 bits per heavy atom. The molecule has 55 heavy (non-hydrogen) atoms. The minimum atomic E-state index is -0.590. The van der Waals surface area contributed by atoms with Gasteiger partial charge in [-0.2, -0.15) is 0 Å². The second-order valence-electron chi connectivity index (χ2n) is 15.0. The van der Waals surface area contributed by atoms with Crippen molar-refractivity contribution in [3.05, 3.63) is 131 Å². The van der Waals surface area contributed by atoms with Gasteiger partial charge in [0.1, 0.15) is 11.5 Å². The molecule has 3 heterocycles. The van der Waals surface area contributed by atoms with E-state index in [2.05, 4.69) is 10.2 Å². The van der Waals surface area contributed by atoms with Gasteiger partial charge >= 0.3 is 23.6 Å². The van der Waals surface area contributed by atoms with Crippen molar-refractivity contribution in [2.75, 3.05) is 39.3 Å².